The van der Waals surface area contributed by atoms with E-state index in [9.17, 15) is 0 Å². The van der Waals surface area contributed by atoms with Crippen molar-refractivity contribution in [3.8, 4) is 0 Å². The first kappa shape index (κ1) is 16.4. The summed E-state index contributed by atoms with van der Waals surface area (Å²) in [6.45, 7) is 4.52. The fourth-order valence-corrected chi connectivity index (χ4v) is 5.86. The highest BCUT2D eigenvalue weighted by atomic mass is 32.1. The average Bonchev–Trinajstić information content (AvgIpc) is 2.57. The maximum atomic E-state index is 5.62. The molecule has 4 bridgehead atoms. The zero-order chi connectivity index (χ0) is 16.7. The van der Waals surface area contributed by atoms with E-state index in [1.807, 2.05) is 0 Å². The molecule has 4 aliphatic carbocycles. The quantitative estimate of drug-likeness (QED) is 0.725. The van der Waals surface area contributed by atoms with Gasteiger partial charge in [-0.2, -0.15) is 0 Å². The zero-order valence-corrected chi connectivity index (χ0v) is 15.7. The topological polar surface area (TPSA) is 24.1 Å². The van der Waals surface area contributed by atoms with Gasteiger partial charge in [-0.1, -0.05) is 26.0 Å². The summed E-state index contributed by atoms with van der Waals surface area (Å²) in [4.78, 5) is 0. The Bertz CT molecular complexity index is 566. The van der Waals surface area contributed by atoms with Gasteiger partial charge in [0.25, 0.3) is 0 Å². The van der Waals surface area contributed by atoms with Crippen LogP contribution in [0.3, 0.4) is 0 Å². The molecule has 1 unspecified atom stereocenters. The van der Waals surface area contributed by atoms with Crippen molar-refractivity contribution < 1.29 is 0 Å². The third kappa shape index (κ3) is 3.20. The van der Waals surface area contributed by atoms with Crippen molar-refractivity contribution in [3.05, 3.63) is 29.8 Å². The van der Waals surface area contributed by atoms with E-state index in [4.69, 9.17) is 12.2 Å². The molecule has 5 rings (SSSR count). The first-order chi connectivity index (χ1) is 11.6. The Morgan fingerprint density at radius 2 is 1.62 bits per heavy atom. The Kier molecular flexibility index (Phi) is 4.55. The highest BCUT2D eigenvalue weighted by Crippen LogP contribution is 2.53. The number of hydrogen-bond donors (Lipinski definition) is 2. The SMILES string of the molecule is CCC(C)c1ccc(NC(=S)NC2C3CC4CC(C3)CC2C4)cc1. The van der Waals surface area contributed by atoms with Crippen molar-refractivity contribution >= 4 is 23.0 Å². The van der Waals surface area contributed by atoms with Gasteiger partial charge in [0.1, 0.15) is 0 Å². The van der Waals surface area contributed by atoms with Gasteiger partial charge in [-0.3, -0.25) is 0 Å². The molecule has 3 heteroatoms. The van der Waals surface area contributed by atoms with Crippen LogP contribution in [0, 0.1) is 23.7 Å². The molecular weight excluding hydrogens is 312 g/mol. The lowest BCUT2D eigenvalue weighted by Gasteiger charge is -2.54. The van der Waals surface area contributed by atoms with Crippen molar-refractivity contribution in [1.29, 1.82) is 0 Å². The molecule has 1 aromatic rings. The summed E-state index contributed by atoms with van der Waals surface area (Å²) in [6.07, 6.45) is 8.39. The monoisotopic (exact) mass is 342 g/mol. The van der Waals surface area contributed by atoms with Crippen LogP contribution in [-0.4, -0.2) is 11.2 Å². The molecule has 0 heterocycles. The minimum absolute atomic E-state index is 0.609. The molecule has 2 N–H and O–H groups in total. The van der Waals surface area contributed by atoms with Crippen LogP contribution in [0.25, 0.3) is 0 Å². The molecule has 24 heavy (non-hydrogen) atoms. The van der Waals surface area contributed by atoms with Crippen molar-refractivity contribution in [2.24, 2.45) is 23.7 Å². The molecular formula is C21H30N2S. The lowest BCUT2D eigenvalue weighted by molar-refractivity contribution is -0.00665. The van der Waals surface area contributed by atoms with Gasteiger partial charge in [0.05, 0.1) is 0 Å². The highest BCUT2D eigenvalue weighted by Gasteiger charge is 2.48. The predicted molar refractivity (Wildman–Crippen MR) is 105 cm³/mol. The summed E-state index contributed by atoms with van der Waals surface area (Å²) in [6, 6.07) is 9.38. The van der Waals surface area contributed by atoms with Crippen LogP contribution in [0.15, 0.2) is 24.3 Å². The maximum Gasteiger partial charge on any atom is 0.171 e. The molecule has 1 aromatic carbocycles. The second-order valence-electron chi connectivity index (χ2n) is 8.49. The molecule has 0 radical (unpaired) electrons. The van der Waals surface area contributed by atoms with Crippen LogP contribution in [-0.2, 0) is 0 Å². The third-order valence-corrected chi connectivity index (χ3v) is 7.09. The molecule has 0 aromatic heterocycles. The summed E-state index contributed by atoms with van der Waals surface area (Å²) < 4.78 is 0. The molecule has 4 saturated carbocycles. The molecule has 130 valence electrons. The Morgan fingerprint density at radius 1 is 1.04 bits per heavy atom. The fourth-order valence-electron chi connectivity index (χ4n) is 5.61. The normalized spacial score (nSPS) is 34.8. The number of hydrogen-bond acceptors (Lipinski definition) is 1. The number of thiocarbonyl (C=S) groups is 1. The fraction of sp³-hybridized carbons (Fsp3) is 0.667. The molecule has 0 saturated heterocycles. The van der Waals surface area contributed by atoms with Crippen molar-refractivity contribution in [2.45, 2.75) is 64.3 Å². The Balaban J connectivity index is 1.35. The second-order valence-corrected chi connectivity index (χ2v) is 8.89. The minimum Gasteiger partial charge on any atom is -0.359 e. The first-order valence-electron chi connectivity index (χ1n) is 9.79. The summed E-state index contributed by atoms with van der Waals surface area (Å²) in [5.41, 5.74) is 2.51. The lowest BCUT2D eigenvalue weighted by Crippen LogP contribution is -2.56. The van der Waals surface area contributed by atoms with Crippen LogP contribution in [0.4, 0.5) is 5.69 Å². The van der Waals surface area contributed by atoms with E-state index in [1.54, 1.807) is 0 Å². The molecule has 4 fully saturated rings. The van der Waals surface area contributed by atoms with Gasteiger partial charge >= 0.3 is 0 Å². The summed E-state index contributed by atoms with van der Waals surface area (Å²) in [5, 5.41) is 7.89. The highest BCUT2D eigenvalue weighted by molar-refractivity contribution is 7.80. The third-order valence-electron chi connectivity index (χ3n) is 6.87. The van der Waals surface area contributed by atoms with E-state index < -0.39 is 0 Å². The van der Waals surface area contributed by atoms with Crippen LogP contribution in [0.1, 0.15) is 63.9 Å². The molecule has 0 amide bonds. The molecule has 0 aliphatic heterocycles. The number of nitrogens with one attached hydrogen (secondary N) is 2. The zero-order valence-electron chi connectivity index (χ0n) is 14.9. The van der Waals surface area contributed by atoms with Gasteiger partial charge in [0.15, 0.2) is 5.11 Å². The van der Waals surface area contributed by atoms with Gasteiger partial charge in [-0.15, -0.1) is 0 Å². The summed E-state index contributed by atoms with van der Waals surface area (Å²) in [5.74, 6) is 4.36. The van der Waals surface area contributed by atoms with Crippen molar-refractivity contribution in [1.82, 2.24) is 5.32 Å². The van der Waals surface area contributed by atoms with Crippen LogP contribution in [0.5, 0.6) is 0 Å². The summed E-state index contributed by atoms with van der Waals surface area (Å²) >= 11 is 5.62. The van der Waals surface area contributed by atoms with E-state index in [-0.39, 0.29) is 0 Å². The predicted octanol–water partition coefficient (Wildman–Crippen LogP) is 5.31. The minimum atomic E-state index is 0.609. The largest absolute Gasteiger partial charge is 0.359 e. The second kappa shape index (κ2) is 6.67. The van der Waals surface area contributed by atoms with E-state index in [1.165, 1.54) is 44.1 Å². The maximum absolute atomic E-state index is 5.62. The number of anilines is 1. The molecule has 1 atom stereocenters. The standard InChI is InChI=1S/C21H30N2S/c1-3-13(2)16-4-6-19(7-5-16)22-21(24)23-20-17-9-14-8-15(11-17)12-18(20)10-14/h4-7,13-15,17-18,20H,3,8-12H2,1-2H3,(H2,22,23,24). The van der Waals surface area contributed by atoms with Gasteiger partial charge in [-0.05, 0) is 98.0 Å². The van der Waals surface area contributed by atoms with Gasteiger partial charge in [0.2, 0.25) is 0 Å². The van der Waals surface area contributed by atoms with Gasteiger partial charge in [-0.25, -0.2) is 0 Å². The van der Waals surface area contributed by atoms with Crippen LogP contribution < -0.4 is 10.6 Å². The Labute approximate surface area is 151 Å². The molecule has 0 spiro atoms. The molecule has 4 aliphatic rings. The van der Waals surface area contributed by atoms with E-state index in [2.05, 4.69) is 48.7 Å². The Hall–Kier alpha value is -1.09. The van der Waals surface area contributed by atoms with E-state index in [0.717, 1.165) is 34.5 Å². The average molecular weight is 343 g/mol. The van der Waals surface area contributed by atoms with E-state index in [0.29, 0.717) is 12.0 Å². The van der Waals surface area contributed by atoms with Crippen molar-refractivity contribution in [3.63, 3.8) is 0 Å². The smallest absolute Gasteiger partial charge is 0.171 e. The van der Waals surface area contributed by atoms with Crippen LogP contribution in [0.2, 0.25) is 0 Å². The number of benzene rings is 1. The lowest BCUT2D eigenvalue weighted by atomic mass is 9.54. The van der Waals surface area contributed by atoms with Crippen molar-refractivity contribution in [2.75, 3.05) is 5.32 Å². The van der Waals surface area contributed by atoms with Gasteiger partial charge < -0.3 is 10.6 Å². The first-order valence-corrected chi connectivity index (χ1v) is 10.2. The van der Waals surface area contributed by atoms with E-state index >= 15 is 0 Å². The Morgan fingerprint density at radius 3 is 2.17 bits per heavy atom. The van der Waals surface area contributed by atoms with Gasteiger partial charge in [0, 0.05) is 11.7 Å². The summed E-state index contributed by atoms with van der Waals surface area (Å²) in [7, 11) is 0. The molecule has 2 nitrogen and oxygen atoms in total. The van der Waals surface area contributed by atoms with Crippen LogP contribution >= 0.6 is 12.2 Å². The number of rotatable bonds is 4.